The predicted molar refractivity (Wildman–Crippen MR) is 102 cm³/mol. The van der Waals surface area contributed by atoms with E-state index in [0.717, 1.165) is 41.3 Å². The fourth-order valence-corrected chi connectivity index (χ4v) is 3.66. The number of hydrogen-bond acceptors (Lipinski definition) is 2. The Kier molecular flexibility index (Phi) is 4.60. The van der Waals surface area contributed by atoms with Gasteiger partial charge in [-0.2, -0.15) is 13.2 Å². The van der Waals surface area contributed by atoms with E-state index in [0.29, 0.717) is 16.4 Å². The fourth-order valence-electron chi connectivity index (χ4n) is 2.90. The first kappa shape index (κ1) is 17.9. The summed E-state index contributed by atoms with van der Waals surface area (Å²) in [5.74, 6) is -0.131. The normalized spacial score (nSPS) is 14.3. The summed E-state index contributed by atoms with van der Waals surface area (Å²) in [5.41, 5.74) is 1.44. The maximum absolute atomic E-state index is 12.8. The molecular formula is C21H16F3NOS. The van der Waals surface area contributed by atoms with Gasteiger partial charge in [0.2, 0.25) is 0 Å². The van der Waals surface area contributed by atoms with Gasteiger partial charge >= 0.3 is 6.18 Å². The van der Waals surface area contributed by atoms with Gasteiger partial charge in [-0.1, -0.05) is 36.4 Å². The maximum Gasteiger partial charge on any atom is 0.416 e. The smallest absolute Gasteiger partial charge is 0.296 e. The number of benzene rings is 3. The zero-order chi connectivity index (χ0) is 19.0. The number of rotatable bonds is 4. The average Bonchev–Trinajstić information content (AvgIpc) is 3.49. The van der Waals surface area contributed by atoms with Gasteiger partial charge in [-0.15, -0.1) is 0 Å². The number of carbonyl (C=O) groups excluding carboxylic acids is 1. The highest BCUT2D eigenvalue weighted by Gasteiger charge is 2.30. The number of alkyl halides is 3. The largest absolute Gasteiger partial charge is 0.416 e. The fraction of sp³-hybridized carbons (Fsp3) is 0.190. The highest BCUT2D eigenvalue weighted by molar-refractivity contribution is 7.98. The molecule has 0 saturated heterocycles. The standard InChI is InChI=1S/C21H16F3NOS/c22-21(23,24)16-7-4-13(5-8-16)18-3-1-2-14-12-15(6-11-19(14)18)20(26)25-27-17-9-10-17/h1-8,11-12,17H,9-10H2,(H,25,26). The van der Waals surface area contributed by atoms with Crippen LogP contribution < -0.4 is 4.72 Å². The van der Waals surface area contributed by atoms with Crippen LogP contribution in [-0.4, -0.2) is 11.2 Å². The molecule has 2 nitrogen and oxygen atoms in total. The molecule has 3 aromatic carbocycles. The van der Waals surface area contributed by atoms with E-state index >= 15 is 0 Å². The van der Waals surface area contributed by atoms with E-state index < -0.39 is 11.7 Å². The van der Waals surface area contributed by atoms with E-state index in [9.17, 15) is 18.0 Å². The molecule has 0 atom stereocenters. The number of fused-ring (bicyclic) bond motifs is 1. The molecule has 0 radical (unpaired) electrons. The lowest BCUT2D eigenvalue weighted by Crippen LogP contribution is -2.16. The number of carbonyl (C=O) groups is 1. The number of nitrogens with one attached hydrogen (secondary N) is 1. The molecule has 1 aliphatic rings. The molecular weight excluding hydrogens is 371 g/mol. The van der Waals surface area contributed by atoms with Gasteiger partial charge in [-0.25, -0.2) is 0 Å². The van der Waals surface area contributed by atoms with Crippen molar-refractivity contribution in [3.8, 4) is 11.1 Å². The van der Waals surface area contributed by atoms with E-state index in [1.807, 2.05) is 30.3 Å². The number of amides is 1. The minimum absolute atomic E-state index is 0.131. The van der Waals surface area contributed by atoms with Crippen molar-refractivity contribution in [1.29, 1.82) is 0 Å². The van der Waals surface area contributed by atoms with Crippen LogP contribution in [0.5, 0.6) is 0 Å². The van der Waals surface area contributed by atoms with E-state index in [4.69, 9.17) is 0 Å². The Morgan fingerprint density at radius 3 is 2.41 bits per heavy atom. The Morgan fingerprint density at radius 2 is 1.74 bits per heavy atom. The van der Waals surface area contributed by atoms with Crippen molar-refractivity contribution in [1.82, 2.24) is 4.72 Å². The molecule has 0 bridgehead atoms. The number of hydrogen-bond donors (Lipinski definition) is 1. The van der Waals surface area contributed by atoms with Crippen molar-refractivity contribution in [2.24, 2.45) is 0 Å². The second kappa shape index (κ2) is 6.93. The van der Waals surface area contributed by atoms with Gasteiger partial charge in [0.15, 0.2) is 0 Å². The van der Waals surface area contributed by atoms with Gasteiger partial charge in [0.05, 0.1) is 5.56 Å². The Labute approximate surface area is 158 Å². The lowest BCUT2D eigenvalue weighted by molar-refractivity contribution is -0.137. The quantitative estimate of drug-likeness (QED) is 0.551. The van der Waals surface area contributed by atoms with Gasteiger partial charge < -0.3 is 0 Å². The molecule has 0 aromatic heterocycles. The van der Waals surface area contributed by atoms with Crippen molar-refractivity contribution >= 4 is 28.6 Å². The van der Waals surface area contributed by atoms with Gasteiger partial charge in [0, 0.05) is 10.8 Å². The summed E-state index contributed by atoms with van der Waals surface area (Å²) in [4.78, 5) is 12.3. The minimum Gasteiger partial charge on any atom is -0.296 e. The Bertz CT molecular complexity index is 994. The molecule has 1 fully saturated rings. The summed E-state index contributed by atoms with van der Waals surface area (Å²) < 4.78 is 41.2. The molecule has 0 aliphatic heterocycles. The molecule has 138 valence electrons. The topological polar surface area (TPSA) is 29.1 Å². The van der Waals surface area contributed by atoms with E-state index in [1.165, 1.54) is 24.1 Å². The Hall–Kier alpha value is -2.47. The molecule has 0 spiro atoms. The molecule has 1 N–H and O–H groups in total. The van der Waals surface area contributed by atoms with Crippen LogP contribution in [0, 0.1) is 0 Å². The summed E-state index contributed by atoms with van der Waals surface area (Å²) in [7, 11) is 0. The van der Waals surface area contributed by atoms with Crippen LogP contribution in [0.4, 0.5) is 13.2 Å². The van der Waals surface area contributed by atoms with Crippen molar-refractivity contribution in [3.63, 3.8) is 0 Å². The molecule has 1 saturated carbocycles. The third kappa shape index (κ3) is 3.95. The monoisotopic (exact) mass is 387 g/mol. The van der Waals surface area contributed by atoms with E-state index in [-0.39, 0.29) is 5.91 Å². The zero-order valence-electron chi connectivity index (χ0n) is 14.2. The van der Waals surface area contributed by atoms with Crippen LogP contribution in [0.1, 0.15) is 28.8 Å². The Morgan fingerprint density at radius 1 is 1.00 bits per heavy atom. The van der Waals surface area contributed by atoms with Gasteiger partial charge in [0.1, 0.15) is 0 Å². The molecule has 3 aromatic rings. The molecule has 27 heavy (non-hydrogen) atoms. The summed E-state index contributed by atoms with van der Waals surface area (Å²) in [6.45, 7) is 0. The highest BCUT2D eigenvalue weighted by atomic mass is 32.2. The van der Waals surface area contributed by atoms with E-state index in [1.54, 1.807) is 6.07 Å². The summed E-state index contributed by atoms with van der Waals surface area (Å²) >= 11 is 1.46. The average molecular weight is 387 g/mol. The lowest BCUT2D eigenvalue weighted by atomic mass is 9.96. The van der Waals surface area contributed by atoms with Crippen LogP contribution >= 0.6 is 11.9 Å². The van der Waals surface area contributed by atoms with E-state index in [2.05, 4.69) is 4.72 Å². The van der Waals surface area contributed by atoms with Crippen LogP contribution in [0.3, 0.4) is 0 Å². The molecule has 0 unspecified atom stereocenters. The van der Waals surface area contributed by atoms with Gasteiger partial charge in [-0.05, 0) is 71.0 Å². The van der Waals surface area contributed by atoms with Crippen molar-refractivity contribution in [3.05, 3.63) is 71.8 Å². The third-order valence-electron chi connectivity index (χ3n) is 4.51. The molecule has 0 heterocycles. The second-order valence-corrected chi connectivity index (χ2v) is 7.67. The van der Waals surface area contributed by atoms with Crippen LogP contribution in [0.25, 0.3) is 21.9 Å². The molecule has 1 aliphatic carbocycles. The predicted octanol–water partition coefficient (Wildman–Crippen LogP) is 6.07. The summed E-state index contributed by atoms with van der Waals surface area (Å²) in [5, 5.41) is 2.29. The van der Waals surface area contributed by atoms with Crippen molar-refractivity contribution in [2.75, 3.05) is 0 Å². The van der Waals surface area contributed by atoms with Crippen LogP contribution in [-0.2, 0) is 6.18 Å². The molecule has 6 heteroatoms. The van der Waals surface area contributed by atoms with Crippen molar-refractivity contribution in [2.45, 2.75) is 24.3 Å². The van der Waals surface area contributed by atoms with Gasteiger partial charge in [0.25, 0.3) is 5.91 Å². The first-order valence-corrected chi connectivity index (χ1v) is 9.46. The van der Waals surface area contributed by atoms with Crippen LogP contribution in [0.15, 0.2) is 60.7 Å². The highest BCUT2D eigenvalue weighted by Crippen LogP contribution is 2.34. The summed E-state index contributed by atoms with van der Waals surface area (Å²) in [6.07, 6.45) is -2.07. The second-order valence-electron chi connectivity index (χ2n) is 6.56. The zero-order valence-corrected chi connectivity index (χ0v) is 15.0. The first-order chi connectivity index (χ1) is 12.9. The summed E-state index contributed by atoms with van der Waals surface area (Å²) in [6, 6.07) is 16.1. The van der Waals surface area contributed by atoms with Crippen molar-refractivity contribution < 1.29 is 18.0 Å². The van der Waals surface area contributed by atoms with Gasteiger partial charge in [-0.3, -0.25) is 9.52 Å². The maximum atomic E-state index is 12.8. The first-order valence-electron chi connectivity index (χ1n) is 8.58. The molecule has 4 rings (SSSR count). The number of halogens is 3. The Balaban J connectivity index is 1.64. The van der Waals surface area contributed by atoms with Crippen LogP contribution in [0.2, 0.25) is 0 Å². The lowest BCUT2D eigenvalue weighted by Gasteiger charge is -2.11. The SMILES string of the molecule is O=C(NSC1CC1)c1ccc2c(-c3ccc(C(F)(F)F)cc3)cccc2c1. The molecule has 1 amide bonds. The third-order valence-corrected chi connectivity index (χ3v) is 5.62. The minimum atomic E-state index is -4.35.